The Morgan fingerprint density at radius 1 is 0.925 bits per heavy atom. The Morgan fingerprint density at radius 3 is 2.35 bits per heavy atom. The molecule has 0 bridgehead atoms. The monoisotopic (exact) mass is 537 g/mol. The molecule has 40 heavy (non-hydrogen) atoms. The van der Waals surface area contributed by atoms with Gasteiger partial charge < -0.3 is 19.5 Å². The van der Waals surface area contributed by atoms with Crippen molar-refractivity contribution in [3.05, 3.63) is 118 Å². The Balaban J connectivity index is 1.54. The maximum absolute atomic E-state index is 13.9. The van der Waals surface area contributed by atoms with Crippen LogP contribution in [0.1, 0.15) is 61.6 Å². The molecule has 5 rings (SSSR count). The topological polar surface area (TPSA) is 73.9 Å². The summed E-state index contributed by atoms with van der Waals surface area (Å²) in [7, 11) is 1.59. The fourth-order valence-electron chi connectivity index (χ4n) is 5.60. The largest absolute Gasteiger partial charge is 0.493 e. The molecule has 1 aliphatic heterocycles. The summed E-state index contributed by atoms with van der Waals surface area (Å²) in [5.41, 5.74) is 5.42. The number of rotatable bonds is 9. The molecule has 6 heteroatoms. The lowest BCUT2D eigenvalue weighted by Gasteiger charge is -2.37. The van der Waals surface area contributed by atoms with E-state index >= 15 is 0 Å². The van der Waals surface area contributed by atoms with Crippen molar-refractivity contribution in [1.82, 2.24) is 5.32 Å². The molecular weight excluding hydrogens is 502 g/mol. The number of ether oxygens (including phenoxy) is 3. The van der Waals surface area contributed by atoms with Crippen LogP contribution in [-0.4, -0.2) is 25.5 Å². The molecule has 1 heterocycles. The third-order valence-corrected chi connectivity index (χ3v) is 7.51. The van der Waals surface area contributed by atoms with E-state index < -0.39 is 11.9 Å². The van der Waals surface area contributed by atoms with Gasteiger partial charge in [-0.15, -0.1) is 0 Å². The lowest BCUT2D eigenvalue weighted by atomic mass is 9.71. The number of carbonyl (C=O) groups excluding carboxylic acids is 2. The molecule has 0 saturated carbocycles. The normalized spacial score (nSPS) is 18.6. The number of benzene rings is 3. The third kappa shape index (κ3) is 5.67. The number of hydrogen-bond acceptors (Lipinski definition) is 6. The lowest BCUT2D eigenvalue weighted by Crippen LogP contribution is -2.36. The number of carbonyl (C=O) groups is 2. The number of allylic oxidation sites excluding steroid dienone is 3. The first-order chi connectivity index (χ1) is 19.5. The maximum atomic E-state index is 13.9. The van der Waals surface area contributed by atoms with Gasteiger partial charge in [-0.2, -0.15) is 0 Å². The van der Waals surface area contributed by atoms with Crippen molar-refractivity contribution in [3.8, 4) is 11.5 Å². The molecule has 3 aromatic carbocycles. The van der Waals surface area contributed by atoms with Crippen LogP contribution >= 0.6 is 0 Å². The van der Waals surface area contributed by atoms with Gasteiger partial charge in [0.05, 0.1) is 19.3 Å². The van der Waals surface area contributed by atoms with E-state index in [1.54, 1.807) is 7.11 Å². The number of methoxy groups -OCH3 is 1. The molecule has 206 valence electrons. The Hall–Kier alpha value is -4.32. The van der Waals surface area contributed by atoms with Crippen LogP contribution in [0.25, 0.3) is 0 Å². The molecule has 1 N–H and O–H groups in total. The van der Waals surface area contributed by atoms with Crippen molar-refractivity contribution in [2.45, 2.75) is 51.6 Å². The van der Waals surface area contributed by atoms with Gasteiger partial charge in [0.1, 0.15) is 6.61 Å². The number of ketones is 1. The highest BCUT2D eigenvalue weighted by Crippen LogP contribution is 2.47. The number of nitrogens with one attached hydrogen (secondary N) is 1. The Bertz CT molecular complexity index is 1440. The van der Waals surface area contributed by atoms with Crippen LogP contribution in [-0.2, 0) is 20.9 Å². The zero-order chi connectivity index (χ0) is 28.1. The molecule has 0 aromatic heterocycles. The molecule has 0 fully saturated rings. The Kier molecular flexibility index (Phi) is 8.34. The second-order valence-electron chi connectivity index (χ2n) is 10.2. The van der Waals surface area contributed by atoms with Gasteiger partial charge in [0, 0.05) is 29.3 Å². The smallest absolute Gasteiger partial charge is 0.337 e. The first-order valence-electron chi connectivity index (χ1n) is 13.8. The van der Waals surface area contributed by atoms with Crippen LogP contribution < -0.4 is 14.8 Å². The van der Waals surface area contributed by atoms with Gasteiger partial charge in [-0.05, 0) is 54.5 Å². The van der Waals surface area contributed by atoms with E-state index in [-0.39, 0.29) is 18.3 Å². The molecule has 0 amide bonds. The predicted molar refractivity (Wildman–Crippen MR) is 154 cm³/mol. The predicted octanol–water partition coefficient (Wildman–Crippen LogP) is 6.59. The highest BCUT2D eigenvalue weighted by Gasteiger charge is 2.41. The summed E-state index contributed by atoms with van der Waals surface area (Å²) in [6.45, 7) is 4.63. The van der Waals surface area contributed by atoms with E-state index in [4.69, 9.17) is 14.2 Å². The molecule has 0 spiro atoms. The highest BCUT2D eigenvalue weighted by molar-refractivity contribution is 6.04. The van der Waals surface area contributed by atoms with E-state index in [2.05, 4.69) is 17.4 Å². The van der Waals surface area contributed by atoms with E-state index in [1.807, 2.05) is 80.6 Å². The molecule has 2 unspecified atom stereocenters. The van der Waals surface area contributed by atoms with Crippen molar-refractivity contribution in [2.24, 2.45) is 0 Å². The second kappa shape index (κ2) is 12.2. The van der Waals surface area contributed by atoms with Gasteiger partial charge in [-0.1, -0.05) is 73.7 Å². The summed E-state index contributed by atoms with van der Waals surface area (Å²) in [6, 6.07) is 25.3. The van der Waals surface area contributed by atoms with Crippen LogP contribution in [0.4, 0.5) is 0 Å². The Morgan fingerprint density at radius 2 is 1.65 bits per heavy atom. The minimum Gasteiger partial charge on any atom is -0.493 e. The van der Waals surface area contributed by atoms with Crippen molar-refractivity contribution in [3.63, 3.8) is 0 Å². The fraction of sp³-hybridized carbons (Fsp3) is 0.294. The number of hydrogen-bond donors (Lipinski definition) is 1. The summed E-state index contributed by atoms with van der Waals surface area (Å²) in [6.07, 6.45) is 1.92. The van der Waals surface area contributed by atoms with Gasteiger partial charge in [-0.25, -0.2) is 4.79 Å². The number of Topliss-reactive ketones (excluding diaryl/α,β-unsaturated/α-hetero) is 1. The average molecular weight is 538 g/mol. The Labute approximate surface area is 235 Å². The first-order valence-corrected chi connectivity index (χ1v) is 13.8. The summed E-state index contributed by atoms with van der Waals surface area (Å²) in [5, 5.41) is 3.43. The van der Waals surface area contributed by atoms with E-state index in [0.29, 0.717) is 47.8 Å². The van der Waals surface area contributed by atoms with Gasteiger partial charge in [0.15, 0.2) is 17.3 Å². The first kappa shape index (κ1) is 27.3. The zero-order valence-corrected chi connectivity index (χ0v) is 23.2. The van der Waals surface area contributed by atoms with Gasteiger partial charge >= 0.3 is 5.97 Å². The van der Waals surface area contributed by atoms with E-state index in [9.17, 15) is 9.59 Å². The molecule has 0 radical (unpaired) electrons. The molecule has 3 aromatic rings. The second-order valence-corrected chi connectivity index (χ2v) is 10.2. The summed E-state index contributed by atoms with van der Waals surface area (Å²) in [5.74, 6) is 0.251. The summed E-state index contributed by atoms with van der Waals surface area (Å²) >= 11 is 0. The number of esters is 1. The van der Waals surface area contributed by atoms with E-state index in [0.717, 1.165) is 28.8 Å². The minimum atomic E-state index is -0.585. The zero-order valence-electron chi connectivity index (χ0n) is 23.2. The third-order valence-electron chi connectivity index (χ3n) is 7.51. The fourth-order valence-corrected chi connectivity index (χ4v) is 5.60. The minimum absolute atomic E-state index is 0.0266. The van der Waals surface area contributed by atoms with Gasteiger partial charge in [0.2, 0.25) is 0 Å². The quantitative estimate of drug-likeness (QED) is 0.311. The van der Waals surface area contributed by atoms with Crippen molar-refractivity contribution in [1.29, 1.82) is 0 Å². The van der Waals surface area contributed by atoms with Crippen LogP contribution in [0.15, 0.2) is 101 Å². The van der Waals surface area contributed by atoms with E-state index in [1.165, 1.54) is 0 Å². The molecule has 0 saturated heterocycles. The average Bonchev–Trinajstić information content (AvgIpc) is 2.99. The summed E-state index contributed by atoms with van der Waals surface area (Å²) in [4.78, 5) is 27.6. The molecule has 2 aliphatic rings. The van der Waals surface area contributed by atoms with Crippen LogP contribution in [0.2, 0.25) is 0 Å². The summed E-state index contributed by atoms with van der Waals surface area (Å²) < 4.78 is 17.3. The standard InChI is InChI=1S/C34H35NO5/c1-4-17-39-29-16-15-25(20-30(29)38-3)32-31(34(37)40-21-23-11-7-5-8-12-23)22(2)35-27-18-26(19-28(36)33(27)32)24-13-9-6-10-14-24/h5-16,20,26,32,35H,4,17-19,21H2,1-3H3. The molecule has 6 nitrogen and oxygen atoms in total. The number of dihydropyridines is 1. The van der Waals surface area contributed by atoms with Gasteiger partial charge in [0.25, 0.3) is 0 Å². The van der Waals surface area contributed by atoms with Gasteiger partial charge in [-0.3, -0.25) is 4.79 Å². The van der Waals surface area contributed by atoms with Crippen molar-refractivity contribution >= 4 is 11.8 Å². The molecular formula is C34H35NO5. The van der Waals surface area contributed by atoms with Crippen LogP contribution in [0.3, 0.4) is 0 Å². The van der Waals surface area contributed by atoms with Crippen molar-refractivity contribution in [2.75, 3.05) is 13.7 Å². The van der Waals surface area contributed by atoms with Crippen molar-refractivity contribution < 1.29 is 23.8 Å². The molecule has 2 atom stereocenters. The van der Waals surface area contributed by atoms with Crippen LogP contribution in [0, 0.1) is 0 Å². The lowest BCUT2D eigenvalue weighted by molar-refractivity contribution is -0.140. The SMILES string of the molecule is CCCOc1ccc(C2C(C(=O)OCc3ccccc3)=C(C)NC3=C2C(=O)CC(c2ccccc2)C3)cc1OC. The maximum Gasteiger partial charge on any atom is 0.337 e. The highest BCUT2D eigenvalue weighted by atomic mass is 16.5. The van der Waals surface area contributed by atoms with Crippen LogP contribution in [0.5, 0.6) is 11.5 Å². The molecule has 1 aliphatic carbocycles.